The summed E-state index contributed by atoms with van der Waals surface area (Å²) in [6.07, 6.45) is 10.3. The first-order valence-corrected chi connectivity index (χ1v) is 7.50. The molecule has 106 valence electrons. The number of nitrogens with zero attached hydrogens (tertiary/aromatic N) is 3. The molecule has 0 bridgehead atoms. The number of nitrogen functional groups attached to an aromatic ring is 1. The molecule has 1 fully saturated rings. The summed E-state index contributed by atoms with van der Waals surface area (Å²) in [6, 6.07) is 8.82. The summed E-state index contributed by atoms with van der Waals surface area (Å²) in [6.45, 7) is 0. The van der Waals surface area contributed by atoms with Gasteiger partial charge in [0.05, 0.1) is 23.1 Å². The molecule has 1 saturated carbocycles. The molecule has 1 aliphatic rings. The fourth-order valence-electron chi connectivity index (χ4n) is 3.48. The summed E-state index contributed by atoms with van der Waals surface area (Å²) < 4.78 is 2.39. The second-order valence-electron chi connectivity index (χ2n) is 5.71. The van der Waals surface area contributed by atoms with Crippen LogP contribution in [0.5, 0.6) is 0 Å². The van der Waals surface area contributed by atoms with Gasteiger partial charge in [-0.2, -0.15) is 0 Å². The van der Waals surface area contributed by atoms with Gasteiger partial charge in [0.2, 0.25) is 0 Å². The van der Waals surface area contributed by atoms with E-state index < -0.39 is 0 Å². The molecule has 0 amide bonds. The smallest absolute Gasteiger partial charge is 0.105 e. The highest BCUT2D eigenvalue weighted by Crippen LogP contribution is 2.39. The van der Waals surface area contributed by atoms with Crippen LogP contribution in [0.1, 0.15) is 31.7 Å². The van der Waals surface area contributed by atoms with Crippen molar-refractivity contribution in [1.29, 1.82) is 0 Å². The van der Waals surface area contributed by atoms with Crippen LogP contribution in [0.15, 0.2) is 42.9 Å². The van der Waals surface area contributed by atoms with E-state index in [1.54, 1.807) is 12.4 Å². The van der Waals surface area contributed by atoms with Gasteiger partial charge in [-0.1, -0.05) is 25.0 Å². The second-order valence-corrected chi connectivity index (χ2v) is 5.71. The lowest BCUT2D eigenvalue weighted by molar-refractivity contribution is 0.540. The first kappa shape index (κ1) is 12.4. The van der Waals surface area contributed by atoms with Crippen LogP contribution in [0.4, 0.5) is 5.69 Å². The van der Waals surface area contributed by atoms with E-state index in [-0.39, 0.29) is 0 Å². The van der Waals surface area contributed by atoms with Crippen LogP contribution in [-0.4, -0.2) is 14.5 Å². The maximum atomic E-state index is 6.26. The maximum absolute atomic E-state index is 6.26. The molecule has 2 N–H and O–H groups in total. The first-order chi connectivity index (χ1) is 10.3. The van der Waals surface area contributed by atoms with Crippen LogP contribution in [0.25, 0.3) is 22.3 Å². The van der Waals surface area contributed by atoms with Crippen molar-refractivity contribution >= 4 is 16.6 Å². The van der Waals surface area contributed by atoms with Crippen molar-refractivity contribution in [2.24, 2.45) is 0 Å². The van der Waals surface area contributed by atoms with Crippen LogP contribution in [0.2, 0.25) is 0 Å². The number of rotatable bonds is 2. The summed E-state index contributed by atoms with van der Waals surface area (Å²) in [5.74, 6) is 0. The summed E-state index contributed by atoms with van der Waals surface area (Å²) in [5.41, 5.74) is 10.3. The largest absolute Gasteiger partial charge is 0.397 e. The summed E-state index contributed by atoms with van der Waals surface area (Å²) in [5, 5.41) is 1.18. The van der Waals surface area contributed by atoms with Crippen molar-refractivity contribution in [2.45, 2.75) is 31.7 Å². The highest BCUT2D eigenvalue weighted by atomic mass is 15.1. The minimum Gasteiger partial charge on any atom is -0.397 e. The van der Waals surface area contributed by atoms with Gasteiger partial charge in [0.25, 0.3) is 0 Å². The minimum absolute atomic E-state index is 0.518. The molecule has 0 aliphatic heterocycles. The predicted octanol–water partition coefficient (Wildman–Crippen LogP) is 3.80. The van der Waals surface area contributed by atoms with Gasteiger partial charge in [0.15, 0.2) is 0 Å². The Morgan fingerprint density at radius 2 is 2.00 bits per heavy atom. The Morgan fingerprint density at radius 1 is 1.14 bits per heavy atom. The Labute approximate surface area is 123 Å². The molecule has 0 radical (unpaired) electrons. The van der Waals surface area contributed by atoms with Gasteiger partial charge >= 0.3 is 0 Å². The predicted molar refractivity (Wildman–Crippen MR) is 84.9 cm³/mol. The van der Waals surface area contributed by atoms with Gasteiger partial charge in [0, 0.05) is 23.8 Å². The molecule has 4 rings (SSSR count). The molecular weight excluding hydrogens is 260 g/mol. The lowest BCUT2D eigenvalue weighted by atomic mass is 10.2. The molecule has 21 heavy (non-hydrogen) atoms. The fourth-order valence-corrected chi connectivity index (χ4v) is 3.48. The SMILES string of the molecule is Nc1cccc2cc(-c3cnccn3)n(C3CCCC3)c12. The number of aromatic nitrogens is 3. The van der Waals surface area contributed by atoms with Crippen LogP contribution in [-0.2, 0) is 0 Å². The van der Waals surface area contributed by atoms with E-state index >= 15 is 0 Å². The number of nitrogens with two attached hydrogens (primary N) is 1. The number of anilines is 1. The summed E-state index contributed by atoms with van der Waals surface area (Å²) in [7, 11) is 0. The molecule has 0 unspecified atom stereocenters. The molecule has 1 aromatic carbocycles. The van der Waals surface area contributed by atoms with Crippen molar-refractivity contribution in [2.75, 3.05) is 5.73 Å². The zero-order chi connectivity index (χ0) is 14.2. The third-order valence-corrected chi connectivity index (χ3v) is 4.41. The van der Waals surface area contributed by atoms with E-state index in [9.17, 15) is 0 Å². The van der Waals surface area contributed by atoms with E-state index in [0.29, 0.717) is 6.04 Å². The molecule has 2 aromatic heterocycles. The average molecular weight is 278 g/mol. The van der Waals surface area contributed by atoms with E-state index in [1.165, 1.54) is 31.1 Å². The lowest BCUT2D eigenvalue weighted by Crippen LogP contribution is -2.08. The minimum atomic E-state index is 0.518. The van der Waals surface area contributed by atoms with Gasteiger partial charge in [-0.25, -0.2) is 0 Å². The fraction of sp³-hybridized carbons (Fsp3) is 0.294. The van der Waals surface area contributed by atoms with Gasteiger partial charge in [-0.05, 0) is 25.0 Å². The van der Waals surface area contributed by atoms with Crippen molar-refractivity contribution in [3.8, 4) is 11.4 Å². The standard InChI is InChI=1S/C17H18N4/c18-14-7-3-4-12-10-16(15-11-19-8-9-20-15)21(17(12)14)13-5-1-2-6-13/h3-4,7-11,13H,1-2,5-6,18H2. The Bertz CT molecular complexity index is 770. The van der Waals surface area contributed by atoms with Crippen molar-refractivity contribution in [3.63, 3.8) is 0 Å². The van der Waals surface area contributed by atoms with Gasteiger partial charge in [0.1, 0.15) is 5.69 Å². The Balaban J connectivity index is 2.01. The van der Waals surface area contributed by atoms with Gasteiger partial charge in [-0.15, -0.1) is 0 Å². The number of fused-ring (bicyclic) bond motifs is 1. The first-order valence-electron chi connectivity index (χ1n) is 7.50. The molecule has 3 aromatic rings. The monoisotopic (exact) mass is 278 g/mol. The molecule has 4 heteroatoms. The van der Waals surface area contributed by atoms with Crippen LogP contribution in [0, 0.1) is 0 Å². The van der Waals surface area contributed by atoms with Gasteiger partial charge < -0.3 is 10.3 Å². The zero-order valence-electron chi connectivity index (χ0n) is 11.9. The average Bonchev–Trinajstić information content (AvgIpc) is 3.15. The molecule has 0 spiro atoms. The second kappa shape index (κ2) is 4.88. The Morgan fingerprint density at radius 3 is 2.76 bits per heavy atom. The Kier molecular flexibility index (Phi) is 2.88. The number of para-hydroxylation sites is 1. The lowest BCUT2D eigenvalue weighted by Gasteiger charge is -2.18. The zero-order valence-corrected chi connectivity index (χ0v) is 11.9. The molecule has 0 atom stereocenters. The molecule has 1 aliphatic carbocycles. The third-order valence-electron chi connectivity index (χ3n) is 4.41. The van der Waals surface area contributed by atoms with Crippen LogP contribution in [0.3, 0.4) is 0 Å². The number of hydrogen-bond donors (Lipinski definition) is 1. The van der Waals surface area contributed by atoms with E-state index in [2.05, 4.69) is 26.7 Å². The van der Waals surface area contributed by atoms with Gasteiger partial charge in [-0.3, -0.25) is 9.97 Å². The quantitative estimate of drug-likeness (QED) is 0.725. The molecule has 2 heterocycles. The number of hydrogen-bond acceptors (Lipinski definition) is 3. The molecule has 4 nitrogen and oxygen atoms in total. The highest BCUT2D eigenvalue weighted by Gasteiger charge is 2.23. The van der Waals surface area contributed by atoms with Crippen LogP contribution < -0.4 is 5.73 Å². The maximum Gasteiger partial charge on any atom is 0.105 e. The normalized spacial score (nSPS) is 15.8. The number of benzene rings is 1. The molecular formula is C17H18N4. The summed E-state index contributed by atoms with van der Waals surface area (Å²) in [4.78, 5) is 8.70. The van der Waals surface area contributed by atoms with E-state index in [4.69, 9.17) is 5.73 Å². The third kappa shape index (κ3) is 1.98. The molecule has 0 saturated heterocycles. The van der Waals surface area contributed by atoms with Crippen molar-refractivity contribution < 1.29 is 0 Å². The topological polar surface area (TPSA) is 56.7 Å². The van der Waals surface area contributed by atoms with E-state index in [0.717, 1.165) is 22.6 Å². The summed E-state index contributed by atoms with van der Waals surface area (Å²) >= 11 is 0. The Hall–Kier alpha value is -2.36. The van der Waals surface area contributed by atoms with Crippen LogP contribution >= 0.6 is 0 Å². The van der Waals surface area contributed by atoms with Crippen molar-refractivity contribution in [1.82, 2.24) is 14.5 Å². The van der Waals surface area contributed by atoms with Crippen molar-refractivity contribution in [3.05, 3.63) is 42.9 Å². The highest BCUT2D eigenvalue weighted by molar-refractivity contribution is 5.94. The van der Waals surface area contributed by atoms with E-state index in [1.807, 2.05) is 18.3 Å².